The average Bonchev–Trinajstić information content (AvgIpc) is 2.82. The monoisotopic (exact) mass is 552 g/mol. The Morgan fingerprint density at radius 2 is 1.57 bits per heavy atom. The van der Waals surface area contributed by atoms with Crippen LogP contribution in [0.15, 0.2) is 77.7 Å². The zero-order valence-corrected chi connectivity index (χ0v) is 22.4. The molecule has 0 saturated carbocycles. The smallest absolute Gasteiger partial charge is 0.348 e. The molecule has 1 N–H and O–H groups in total. The fourth-order valence-corrected chi connectivity index (χ4v) is 5.35. The van der Waals surface area contributed by atoms with E-state index in [4.69, 9.17) is 11.6 Å². The third-order valence-electron chi connectivity index (χ3n) is 5.82. The van der Waals surface area contributed by atoms with Crippen LogP contribution in [-0.4, -0.2) is 20.9 Å². The Kier molecular flexibility index (Phi) is 8.29. The average molecular weight is 553 g/mol. The highest BCUT2D eigenvalue weighted by atomic mass is 35.5. The number of carbonyl (C=O) groups is 1. The van der Waals surface area contributed by atoms with Crippen molar-refractivity contribution in [3.8, 4) is 0 Å². The Balaban J connectivity index is 1.93. The van der Waals surface area contributed by atoms with Gasteiger partial charge in [0.05, 0.1) is 27.2 Å². The van der Waals surface area contributed by atoms with E-state index >= 15 is 0 Å². The normalized spacial score (nSPS) is 13.2. The van der Waals surface area contributed by atoms with Gasteiger partial charge in [0, 0.05) is 0 Å². The molecule has 1 unspecified atom stereocenters. The Morgan fingerprint density at radius 3 is 2.11 bits per heavy atom. The fourth-order valence-electron chi connectivity index (χ4n) is 3.69. The number of carbonyl (C=O) groups excluding carboxylic acids is 1. The lowest BCUT2D eigenvalue weighted by atomic mass is 9.86. The SMILES string of the molecule is CC(NC(=O)CN(c1ccc(Cl)c(C(F)(F)F)c1)S(=O)(=O)c1ccccc1)c1ccc(C(C)(C)C)cc1. The third-order valence-corrected chi connectivity index (χ3v) is 7.93. The molecule has 0 fully saturated rings. The molecule has 1 amide bonds. The first-order chi connectivity index (χ1) is 17.1. The van der Waals surface area contributed by atoms with Crippen LogP contribution in [-0.2, 0) is 26.4 Å². The molecule has 198 valence electrons. The molecule has 5 nitrogen and oxygen atoms in total. The van der Waals surface area contributed by atoms with Crippen LogP contribution in [0.4, 0.5) is 18.9 Å². The van der Waals surface area contributed by atoms with Gasteiger partial charge in [0.1, 0.15) is 6.54 Å². The Hall–Kier alpha value is -3.04. The first-order valence-corrected chi connectivity index (χ1v) is 13.3. The van der Waals surface area contributed by atoms with Crippen LogP contribution < -0.4 is 9.62 Å². The van der Waals surface area contributed by atoms with Crippen molar-refractivity contribution in [1.29, 1.82) is 0 Å². The van der Waals surface area contributed by atoms with E-state index in [-0.39, 0.29) is 16.0 Å². The molecule has 0 aromatic heterocycles. The van der Waals surface area contributed by atoms with Crippen molar-refractivity contribution in [2.45, 2.75) is 50.2 Å². The summed E-state index contributed by atoms with van der Waals surface area (Å²) in [6.07, 6.45) is -4.81. The van der Waals surface area contributed by atoms with E-state index in [2.05, 4.69) is 26.1 Å². The number of hydrogen-bond acceptors (Lipinski definition) is 3. The maximum absolute atomic E-state index is 13.5. The Bertz CT molecular complexity index is 1350. The van der Waals surface area contributed by atoms with Gasteiger partial charge in [-0.25, -0.2) is 8.42 Å². The largest absolute Gasteiger partial charge is 0.417 e. The van der Waals surface area contributed by atoms with Gasteiger partial charge in [-0.1, -0.05) is 74.8 Å². The molecule has 0 saturated heterocycles. The molecule has 10 heteroatoms. The van der Waals surface area contributed by atoms with Gasteiger partial charge in [-0.15, -0.1) is 0 Å². The van der Waals surface area contributed by atoms with Gasteiger partial charge in [0.2, 0.25) is 5.91 Å². The lowest BCUT2D eigenvalue weighted by Gasteiger charge is -2.26. The highest BCUT2D eigenvalue weighted by Crippen LogP contribution is 2.38. The topological polar surface area (TPSA) is 66.5 Å². The van der Waals surface area contributed by atoms with Gasteiger partial charge in [-0.3, -0.25) is 9.10 Å². The predicted molar refractivity (Wildman–Crippen MR) is 139 cm³/mol. The molecule has 0 radical (unpaired) electrons. The highest BCUT2D eigenvalue weighted by molar-refractivity contribution is 7.92. The summed E-state index contributed by atoms with van der Waals surface area (Å²) in [4.78, 5) is 12.8. The van der Waals surface area contributed by atoms with Gasteiger partial charge in [-0.2, -0.15) is 13.2 Å². The minimum Gasteiger partial charge on any atom is -0.348 e. The number of benzene rings is 3. The summed E-state index contributed by atoms with van der Waals surface area (Å²) in [7, 11) is -4.38. The summed E-state index contributed by atoms with van der Waals surface area (Å²) < 4.78 is 68.0. The predicted octanol–water partition coefficient (Wildman–Crippen LogP) is 6.73. The third kappa shape index (κ3) is 6.84. The number of nitrogens with zero attached hydrogens (tertiary/aromatic N) is 1. The lowest BCUT2D eigenvalue weighted by Crippen LogP contribution is -2.41. The van der Waals surface area contributed by atoms with Crippen LogP contribution in [0, 0.1) is 0 Å². The fraction of sp³-hybridized carbons (Fsp3) is 0.296. The van der Waals surface area contributed by atoms with E-state index < -0.39 is 45.3 Å². The zero-order chi connectivity index (χ0) is 27.6. The number of anilines is 1. The molecular formula is C27H28ClF3N2O3S. The van der Waals surface area contributed by atoms with E-state index in [0.29, 0.717) is 10.4 Å². The number of alkyl halides is 3. The van der Waals surface area contributed by atoms with Crippen LogP contribution in [0.25, 0.3) is 0 Å². The van der Waals surface area contributed by atoms with Gasteiger partial charge < -0.3 is 5.32 Å². The first kappa shape index (κ1) is 28.5. The van der Waals surface area contributed by atoms with E-state index in [9.17, 15) is 26.4 Å². The van der Waals surface area contributed by atoms with Gasteiger partial charge >= 0.3 is 6.18 Å². The minimum absolute atomic E-state index is 0.0504. The second kappa shape index (κ2) is 10.8. The summed E-state index contributed by atoms with van der Waals surface area (Å²) in [6, 6.07) is 17.1. The second-order valence-electron chi connectivity index (χ2n) is 9.65. The van der Waals surface area contributed by atoms with Crippen LogP contribution in [0.3, 0.4) is 0 Å². The summed E-state index contributed by atoms with van der Waals surface area (Å²) >= 11 is 5.73. The second-order valence-corrected chi connectivity index (χ2v) is 11.9. The number of nitrogens with one attached hydrogen (secondary N) is 1. The molecule has 0 heterocycles. The quantitative estimate of drug-likeness (QED) is 0.353. The molecule has 0 aliphatic rings. The van der Waals surface area contributed by atoms with Crippen molar-refractivity contribution >= 4 is 33.2 Å². The highest BCUT2D eigenvalue weighted by Gasteiger charge is 2.35. The minimum atomic E-state index is -4.81. The van der Waals surface area contributed by atoms with Crippen molar-refractivity contribution in [2.75, 3.05) is 10.8 Å². The molecule has 0 aliphatic carbocycles. The van der Waals surface area contributed by atoms with E-state index in [1.807, 2.05) is 24.3 Å². The molecule has 0 bridgehead atoms. The van der Waals surface area contributed by atoms with Crippen LogP contribution in [0.2, 0.25) is 5.02 Å². The summed E-state index contributed by atoms with van der Waals surface area (Å²) in [5.74, 6) is -0.685. The van der Waals surface area contributed by atoms with E-state index in [1.54, 1.807) is 13.0 Å². The molecular weight excluding hydrogens is 525 g/mol. The van der Waals surface area contributed by atoms with Crippen molar-refractivity contribution in [3.63, 3.8) is 0 Å². The number of halogens is 4. The Morgan fingerprint density at radius 1 is 0.973 bits per heavy atom. The molecule has 0 aliphatic heterocycles. The van der Waals surface area contributed by atoms with Crippen LogP contribution in [0.5, 0.6) is 0 Å². The molecule has 3 aromatic carbocycles. The summed E-state index contributed by atoms with van der Waals surface area (Å²) in [5.41, 5.74) is 0.318. The lowest BCUT2D eigenvalue weighted by molar-refractivity contribution is -0.137. The van der Waals surface area contributed by atoms with Gasteiger partial charge in [0.15, 0.2) is 0 Å². The van der Waals surface area contributed by atoms with Crippen molar-refractivity contribution in [3.05, 3.63) is 94.5 Å². The van der Waals surface area contributed by atoms with Crippen molar-refractivity contribution < 1.29 is 26.4 Å². The summed E-state index contributed by atoms with van der Waals surface area (Å²) in [6.45, 7) is 7.24. The van der Waals surface area contributed by atoms with Crippen molar-refractivity contribution in [2.24, 2.45) is 0 Å². The standard InChI is InChI=1S/C27H28ClF3N2O3S/c1-18(19-10-12-20(13-11-19)26(2,3)4)32-25(34)17-33(37(35,36)22-8-6-5-7-9-22)21-14-15-24(28)23(16-21)27(29,30)31/h5-16,18H,17H2,1-4H3,(H,32,34). The van der Waals surface area contributed by atoms with E-state index in [1.165, 1.54) is 24.3 Å². The van der Waals surface area contributed by atoms with E-state index in [0.717, 1.165) is 23.3 Å². The van der Waals surface area contributed by atoms with Crippen molar-refractivity contribution in [1.82, 2.24) is 5.32 Å². The molecule has 1 atom stereocenters. The van der Waals surface area contributed by atoms with Gasteiger partial charge in [0.25, 0.3) is 10.0 Å². The van der Waals surface area contributed by atoms with Gasteiger partial charge in [-0.05, 0) is 53.8 Å². The molecule has 0 spiro atoms. The Labute approximate surface area is 220 Å². The number of rotatable bonds is 7. The molecule has 3 rings (SSSR count). The zero-order valence-electron chi connectivity index (χ0n) is 20.8. The first-order valence-electron chi connectivity index (χ1n) is 11.4. The molecule has 3 aromatic rings. The van der Waals surface area contributed by atoms with Crippen LogP contribution in [0.1, 0.15) is 50.4 Å². The number of sulfonamides is 1. The number of hydrogen-bond donors (Lipinski definition) is 1. The van der Waals surface area contributed by atoms with Crippen LogP contribution >= 0.6 is 11.6 Å². The molecule has 37 heavy (non-hydrogen) atoms. The maximum Gasteiger partial charge on any atom is 0.417 e. The maximum atomic E-state index is 13.5. The summed E-state index contributed by atoms with van der Waals surface area (Å²) in [5, 5.41) is 2.16. The number of amides is 1.